The summed E-state index contributed by atoms with van der Waals surface area (Å²) in [6.45, 7) is 0.545. The Kier molecular flexibility index (Phi) is 4.55. The standard InChI is InChI=1S/C15H14FNO3/c16-14-10-11(18)6-7-13(14)15(19)17-8-9-20-12-4-2-1-3-5-12/h1-7,10,18H,8-9H2,(H,17,19). The van der Waals surface area contributed by atoms with E-state index in [0.29, 0.717) is 5.75 Å². The second kappa shape index (κ2) is 6.56. The molecule has 0 saturated heterocycles. The normalized spacial score (nSPS) is 10.1. The zero-order valence-electron chi connectivity index (χ0n) is 10.7. The number of nitrogens with one attached hydrogen (secondary N) is 1. The summed E-state index contributed by atoms with van der Waals surface area (Å²) in [6.07, 6.45) is 0. The van der Waals surface area contributed by atoms with Crippen LogP contribution in [0, 0.1) is 5.82 Å². The van der Waals surface area contributed by atoms with Gasteiger partial charge in [-0.25, -0.2) is 4.39 Å². The third-order valence-corrected chi connectivity index (χ3v) is 2.60. The summed E-state index contributed by atoms with van der Waals surface area (Å²) in [6, 6.07) is 12.6. The molecule has 2 aromatic rings. The van der Waals surface area contributed by atoms with Crippen molar-refractivity contribution in [2.24, 2.45) is 0 Å². The molecule has 0 radical (unpaired) electrons. The number of para-hydroxylation sites is 1. The van der Waals surface area contributed by atoms with Crippen molar-refractivity contribution in [3.05, 3.63) is 59.9 Å². The molecular formula is C15H14FNO3. The number of hydrogen-bond acceptors (Lipinski definition) is 3. The van der Waals surface area contributed by atoms with E-state index < -0.39 is 11.7 Å². The summed E-state index contributed by atoms with van der Waals surface area (Å²) >= 11 is 0. The van der Waals surface area contributed by atoms with Crippen LogP contribution in [-0.2, 0) is 0 Å². The van der Waals surface area contributed by atoms with Crippen molar-refractivity contribution in [3.63, 3.8) is 0 Å². The molecule has 104 valence electrons. The van der Waals surface area contributed by atoms with Gasteiger partial charge in [0.15, 0.2) is 0 Å². The van der Waals surface area contributed by atoms with Crippen LogP contribution in [0.1, 0.15) is 10.4 Å². The molecule has 4 nitrogen and oxygen atoms in total. The number of aromatic hydroxyl groups is 1. The molecule has 0 bridgehead atoms. The van der Waals surface area contributed by atoms with Crippen molar-refractivity contribution >= 4 is 5.91 Å². The molecule has 2 N–H and O–H groups in total. The maximum absolute atomic E-state index is 13.4. The lowest BCUT2D eigenvalue weighted by molar-refractivity contribution is 0.0943. The van der Waals surface area contributed by atoms with Crippen LogP contribution in [-0.4, -0.2) is 24.2 Å². The van der Waals surface area contributed by atoms with Crippen LogP contribution < -0.4 is 10.1 Å². The van der Waals surface area contributed by atoms with Crippen molar-refractivity contribution in [2.45, 2.75) is 0 Å². The molecule has 0 aliphatic rings. The predicted molar refractivity (Wildman–Crippen MR) is 72.3 cm³/mol. The Bertz CT molecular complexity index is 587. The highest BCUT2D eigenvalue weighted by molar-refractivity contribution is 5.94. The van der Waals surface area contributed by atoms with Crippen LogP contribution in [0.15, 0.2) is 48.5 Å². The van der Waals surface area contributed by atoms with Crippen LogP contribution in [0.25, 0.3) is 0 Å². The quantitative estimate of drug-likeness (QED) is 0.823. The number of hydrogen-bond donors (Lipinski definition) is 2. The SMILES string of the molecule is O=C(NCCOc1ccccc1)c1ccc(O)cc1F. The fraction of sp³-hybridized carbons (Fsp3) is 0.133. The van der Waals surface area contributed by atoms with Gasteiger partial charge in [0.2, 0.25) is 0 Å². The fourth-order valence-electron chi connectivity index (χ4n) is 1.63. The number of benzene rings is 2. The largest absolute Gasteiger partial charge is 0.508 e. The predicted octanol–water partition coefficient (Wildman–Crippen LogP) is 2.34. The van der Waals surface area contributed by atoms with Gasteiger partial charge < -0.3 is 15.2 Å². The van der Waals surface area contributed by atoms with Gasteiger partial charge in [0.05, 0.1) is 12.1 Å². The summed E-state index contributed by atoms with van der Waals surface area (Å²) in [5.74, 6) is -0.810. The molecule has 0 unspecified atom stereocenters. The first-order valence-electron chi connectivity index (χ1n) is 6.11. The van der Waals surface area contributed by atoms with Crippen molar-refractivity contribution < 1.29 is 19.0 Å². The first-order valence-corrected chi connectivity index (χ1v) is 6.11. The summed E-state index contributed by atoms with van der Waals surface area (Å²) in [4.78, 5) is 11.7. The topological polar surface area (TPSA) is 58.6 Å². The average molecular weight is 275 g/mol. The van der Waals surface area contributed by atoms with Crippen LogP contribution >= 0.6 is 0 Å². The molecule has 20 heavy (non-hydrogen) atoms. The van der Waals surface area contributed by atoms with Gasteiger partial charge in [-0.05, 0) is 24.3 Å². The summed E-state index contributed by atoms with van der Waals surface area (Å²) in [5, 5.41) is 11.6. The van der Waals surface area contributed by atoms with Crippen LogP contribution in [0.2, 0.25) is 0 Å². The maximum atomic E-state index is 13.4. The molecule has 2 rings (SSSR count). The molecule has 0 fully saturated rings. The molecule has 1 amide bonds. The third kappa shape index (κ3) is 3.71. The Labute approximate surface area is 115 Å². The molecular weight excluding hydrogens is 261 g/mol. The van der Waals surface area contributed by atoms with Gasteiger partial charge in [0.25, 0.3) is 5.91 Å². The van der Waals surface area contributed by atoms with E-state index in [2.05, 4.69) is 5.32 Å². The highest BCUT2D eigenvalue weighted by atomic mass is 19.1. The third-order valence-electron chi connectivity index (χ3n) is 2.60. The zero-order valence-corrected chi connectivity index (χ0v) is 10.7. The molecule has 5 heteroatoms. The maximum Gasteiger partial charge on any atom is 0.254 e. The summed E-state index contributed by atoms with van der Waals surface area (Å²) in [7, 11) is 0. The second-order valence-electron chi connectivity index (χ2n) is 4.08. The lowest BCUT2D eigenvalue weighted by Gasteiger charge is -2.08. The van der Waals surface area contributed by atoms with Gasteiger partial charge in [-0.1, -0.05) is 18.2 Å². The minimum Gasteiger partial charge on any atom is -0.508 e. The number of ether oxygens (including phenoxy) is 1. The van der Waals surface area contributed by atoms with Gasteiger partial charge >= 0.3 is 0 Å². The lowest BCUT2D eigenvalue weighted by atomic mass is 10.2. The van der Waals surface area contributed by atoms with Gasteiger partial charge in [0.1, 0.15) is 23.9 Å². The zero-order chi connectivity index (χ0) is 14.4. The Morgan fingerprint density at radius 3 is 2.65 bits per heavy atom. The highest BCUT2D eigenvalue weighted by Gasteiger charge is 2.11. The number of phenols is 1. The molecule has 0 aliphatic carbocycles. The number of carbonyl (C=O) groups excluding carboxylic acids is 1. The van der Waals surface area contributed by atoms with Gasteiger partial charge in [-0.3, -0.25) is 4.79 Å². The second-order valence-corrected chi connectivity index (χ2v) is 4.08. The van der Waals surface area contributed by atoms with Gasteiger partial charge in [-0.2, -0.15) is 0 Å². The average Bonchev–Trinajstić information content (AvgIpc) is 2.44. The summed E-state index contributed by atoms with van der Waals surface area (Å²) < 4.78 is 18.8. The van der Waals surface area contributed by atoms with E-state index in [-0.39, 0.29) is 24.5 Å². The van der Waals surface area contributed by atoms with E-state index in [1.807, 2.05) is 30.3 Å². The van der Waals surface area contributed by atoms with Gasteiger partial charge in [0, 0.05) is 6.07 Å². The van der Waals surface area contributed by atoms with E-state index in [0.717, 1.165) is 6.07 Å². The Morgan fingerprint density at radius 2 is 1.95 bits per heavy atom. The minimum absolute atomic E-state index is 0.109. The molecule has 0 atom stereocenters. The Balaban J connectivity index is 1.80. The van der Waals surface area contributed by atoms with Crippen LogP contribution in [0.3, 0.4) is 0 Å². The first kappa shape index (κ1) is 13.9. The minimum atomic E-state index is -0.758. The monoisotopic (exact) mass is 275 g/mol. The highest BCUT2D eigenvalue weighted by Crippen LogP contribution is 2.14. The summed E-state index contributed by atoms with van der Waals surface area (Å²) in [5.41, 5.74) is -0.109. The number of rotatable bonds is 5. The van der Waals surface area contributed by atoms with E-state index in [9.17, 15) is 9.18 Å². The van der Waals surface area contributed by atoms with E-state index in [4.69, 9.17) is 9.84 Å². The van der Waals surface area contributed by atoms with Gasteiger partial charge in [-0.15, -0.1) is 0 Å². The lowest BCUT2D eigenvalue weighted by Crippen LogP contribution is -2.28. The van der Waals surface area contributed by atoms with Crippen LogP contribution in [0.4, 0.5) is 4.39 Å². The van der Waals surface area contributed by atoms with Crippen molar-refractivity contribution in [1.29, 1.82) is 0 Å². The van der Waals surface area contributed by atoms with Crippen molar-refractivity contribution in [3.8, 4) is 11.5 Å². The molecule has 0 aliphatic heterocycles. The van der Waals surface area contributed by atoms with E-state index in [1.165, 1.54) is 12.1 Å². The number of carbonyl (C=O) groups is 1. The van der Waals surface area contributed by atoms with E-state index >= 15 is 0 Å². The smallest absolute Gasteiger partial charge is 0.254 e. The number of phenolic OH excluding ortho intramolecular Hbond substituents is 1. The Morgan fingerprint density at radius 1 is 1.20 bits per heavy atom. The molecule has 0 aromatic heterocycles. The number of amides is 1. The molecule has 0 saturated carbocycles. The molecule has 2 aromatic carbocycles. The number of halogens is 1. The molecule has 0 heterocycles. The van der Waals surface area contributed by atoms with Crippen molar-refractivity contribution in [1.82, 2.24) is 5.32 Å². The van der Waals surface area contributed by atoms with Crippen LogP contribution in [0.5, 0.6) is 11.5 Å². The van der Waals surface area contributed by atoms with Crippen molar-refractivity contribution in [2.75, 3.05) is 13.2 Å². The van der Waals surface area contributed by atoms with E-state index in [1.54, 1.807) is 0 Å². The molecule has 0 spiro atoms. The first-order chi connectivity index (χ1) is 9.66. The Hall–Kier alpha value is -2.56. The fourth-order valence-corrected chi connectivity index (χ4v) is 1.63.